The van der Waals surface area contributed by atoms with Crippen LogP contribution in [0.2, 0.25) is 0 Å². The van der Waals surface area contributed by atoms with Crippen LogP contribution in [0.4, 0.5) is 0 Å². The molecule has 3 heteroatoms. The molecule has 0 bridgehead atoms. The van der Waals surface area contributed by atoms with E-state index in [0.29, 0.717) is 0 Å². The SMILES string of the molecule is CC.CC(=O)NCCN1CCCCC1. The van der Waals surface area contributed by atoms with E-state index in [1.165, 1.54) is 32.4 Å². The van der Waals surface area contributed by atoms with Crippen molar-refractivity contribution in [3.8, 4) is 0 Å². The highest BCUT2D eigenvalue weighted by Gasteiger charge is 2.08. The number of amides is 1. The van der Waals surface area contributed by atoms with E-state index >= 15 is 0 Å². The molecule has 0 aromatic rings. The third kappa shape index (κ3) is 6.89. The average Bonchev–Trinajstić information content (AvgIpc) is 2.22. The highest BCUT2D eigenvalue weighted by atomic mass is 16.1. The van der Waals surface area contributed by atoms with E-state index in [9.17, 15) is 4.79 Å². The molecule has 0 spiro atoms. The smallest absolute Gasteiger partial charge is 0.216 e. The van der Waals surface area contributed by atoms with E-state index in [1.54, 1.807) is 6.92 Å². The molecule has 14 heavy (non-hydrogen) atoms. The summed E-state index contributed by atoms with van der Waals surface area (Å²) in [4.78, 5) is 13.0. The molecule has 1 aliphatic heterocycles. The number of carbonyl (C=O) groups is 1. The molecule has 0 aromatic heterocycles. The molecule has 0 atom stereocenters. The Morgan fingerprint density at radius 2 is 1.79 bits per heavy atom. The number of nitrogens with zero attached hydrogens (tertiary/aromatic N) is 1. The molecular formula is C11H24N2O. The summed E-state index contributed by atoms with van der Waals surface area (Å²) in [6, 6.07) is 0. The van der Waals surface area contributed by atoms with Crippen molar-refractivity contribution in [2.45, 2.75) is 40.0 Å². The maximum absolute atomic E-state index is 10.6. The van der Waals surface area contributed by atoms with Gasteiger partial charge in [-0.15, -0.1) is 0 Å². The number of carbonyl (C=O) groups excluding carboxylic acids is 1. The first-order valence-corrected chi connectivity index (χ1v) is 5.76. The summed E-state index contributed by atoms with van der Waals surface area (Å²) in [5.74, 6) is 0.0759. The van der Waals surface area contributed by atoms with Crippen LogP contribution >= 0.6 is 0 Å². The maximum atomic E-state index is 10.6. The third-order valence-electron chi connectivity index (χ3n) is 2.25. The summed E-state index contributed by atoms with van der Waals surface area (Å²) < 4.78 is 0. The van der Waals surface area contributed by atoms with Gasteiger partial charge in [0.25, 0.3) is 0 Å². The third-order valence-corrected chi connectivity index (χ3v) is 2.25. The second-order valence-corrected chi connectivity index (χ2v) is 3.39. The van der Waals surface area contributed by atoms with Gasteiger partial charge in [0.05, 0.1) is 0 Å². The van der Waals surface area contributed by atoms with Gasteiger partial charge in [0, 0.05) is 20.0 Å². The van der Waals surface area contributed by atoms with Gasteiger partial charge in [0.15, 0.2) is 0 Å². The molecule has 1 saturated heterocycles. The first-order valence-electron chi connectivity index (χ1n) is 5.76. The van der Waals surface area contributed by atoms with E-state index < -0.39 is 0 Å². The van der Waals surface area contributed by atoms with E-state index in [4.69, 9.17) is 0 Å². The Balaban J connectivity index is 0.000000791. The molecular weight excluding hydrogens is 176 g/mol. The molecule has 0 unspecified atom stereocenters. The van der Waals surface area contributed by atoms with Gasteiger partial charge in [0.1, 0.15) is 0 Å². The molecule has 1 amide bonds. The van der Waals surface area contributed by atoms with Gasteiger partial charge in [0.2, 0.25) is 5.91 Å². The normalized spacial score (nSPS) is 16.8. The summed E-state index contributed by atoms with van der Waals surface area (Å²) in [7, 11) is 0. The van der Waals surface area contributed by atoms with Crippen LogP contribution in [0.15, 0.2) is 0 Å². The minimum absolute atomic E-state index is 0.0759. The fraction of sp³-hybridized carbons (Fsp3) is 0.909. The molecule has 0 radical (unpaired) electrons. The lowest BCUT2D eigenvalue weighted by Gasteiger charge is -2.26. The summed E-state index contributed by atoms with van der Waals surface area (Å²) in [6.07, 6.45) is 4.01. The highest BCUT2D eigenvalue weighted by molar-refractivity contribution is 5.72. The van der Waals surface area contributed by atoms with E-state index in [1.807, 2.05) is 13.8 Å². The Labute approximate surface area is 87.9 Å². The molecule has 1 aliphatic rings. The zero-order chi connectivity index (χ0) is 10.8. The van der Waals surface area contributed by atoms with E-state index in [2.05, 4.69) is 10.2 Å². The molecule has 84 valence electrons. The highest BCUT2D eigenvalue weighted by Crippen LogP contribution is 2.06. The summed E-state index contributed by atoms with van der Waals surface area (Å²) in [6.45, 7) is 9.80. The first-order chi connectivity index (χ1) is 6.79. The number of hydrogen-bond donors (Lipinski definition) is 1. The first kappa shape index (κ1) is 13.4. The molecule has 1 N–H and O–H groups in total. The van der Waals surface area contributed by atoms with Crippen molar-refractivity contribution >= 4 is 5.91 Å². The van der Waals surface area contributed by atoms with Crippen molar-refractivity contribution in [1.29, 1.82) is 0 Å². The molecule has 3 nitrogen and oxygen atoms in total. The largest absolute Gasteiger partial charge is 0.355 e. The second-order valence-electron chi connectivity index (χ2n) is 3.39. The number of likely N-dealkylation sites (tertiary alicyclic amines) is 1. The Kier molecular flexibility index (Phi) is 8.64. The van der Waals surface area contributed by atoms with Gasteiger partial charge < -0.3 is 10.2 Å². The summed E-state index contributed by atoms with van der Waals surface area (Å²) in [5, 5.41) is 2.81. The fourth-order valence-electron chi connectivity index (χ4n) is 1.57. The van der Waals surface area contributed by atoms with Crippen molar-refractivity contribution in [1.82, 2.24) is 10.2 Å². The monoisotopic (exact) mass is 200 g/mol. The van der Waals surface area contributed by atoms with Gasteiger partial charge in [-0.05, 0) is 25.9 Å². The average molecular weight is 200 g/mol. The summed E-state index contributed by atoms with van der Waals surface area (Å²) >= 11 is 0. The lowest BCUT2D eigenvalue weighted by Crippen LogP contribution is -2.36. The minimum Gasteiger partial charge on any atom is -0.355 e. The Morgan fingerprint density at radius 3 is 2.29 bits per heavy atom. The molecule has 0 aliphatic carbocycles. The van der Waals surface area contributed by atoms with E-state index in [0.717, 1.165) is 13.1 Å². The Morgan fingerprint density at radius 1 is 1.21 bits per heavy atom. The number of rotatable bonds is 3. The van der Waals surface area contributed by atoms with Crippen LogP contribution in [-0.2, 0) is 4.79 Å². The Hall–Kier alpha value is -0.570. The van der Waals surface area contributed by atoms with Gasteiger partial charge in [-0.1, -0.05) is 20.3 Å². The number of nitrogens with one attached hydrogen (secondary N) is 1. The topological polar surface area (TPSA) is 32.3 Å². The van der Waals surface area contributed by atoms with Crippen molar-refractivity contribution < 1.29 is 4.79 Å². The summed E-state index contributed by atoms with van der Waals surface area (Å²) in [5.41, 5.74) is 0. The minimum atomic E-state index is 0.0759. The molecule has 0 aromatic carbocycles. The van der Waals surface area contributed by atoms with Crippen LogP contribution in [0.1, 0.15) is 40.0 Å². The van der Waals surface area contributed by atoms with Crippen molar-refractivity contribution in [3.63, 3.8) is 0 Å². The lowest BCUT2D eigenvalue weighted by molar-refractivity contribution is -0.119. The van der Waals surface area contributed by atoms with Gasteiger partial charge in [-0.2, -0.15) is 0 Å². The standard InChI is InChI=1S/C9H18N2O.C2H6/c1-9(12)10-5-8-11-6-3-2-4-7-11;1-2/h2-8H2,1H3,(H,10,12);1-2H3. The maximum Gasteiger partial charge on any atom is 0.216 e. The van der Waals surface area contributed by atoms with Crippen LogP contribution in [0.25, 0.3) is 0 Å². The fourth-order valence-corrected chi connectivity index (χ4v) is 1.57. The molecule has 0 saturated carbocycles. The molecule has 1 heterocycles. The number of hydrogen-bond acceptors (Lipinski definition) is 2. The van der Waals surface area contributed by atoms with Crippen molar-refractivity contribution in [2.75, 3.05) is 26.2 Å². The zero-order valence-electron chi connectivity index (χ0n) is 9.81. The van der Waals surface area contributed by atoms with Crippen molar-refractivity contribution in [2.24, 2.45) is 0 Å². The zero-order valence-corrected chi connectivity index (χ0v) is 9.81. The van der Waals surface area contributed by atoms with Crippen LogP contribution in [0.5, 0.6) is 0 Å². The van der Waals surface area contributed by atoms with Crippen LogP contribution < -0.4 is 5.32 Å². The van der Waals surface area contributed by atoms with Crippen LogP contribution in [0.3, 0.4) is 0 Å². The van der Waals surface area contributed by atoms with Gasteiger partial charge >= 0.3 is 0 Å². The lowest BCUT2D eigenvalue weighted by atomic mass is 10.1. The van der Waals surface area contributed by atoms with Crippen molar-refractivity contribution in [3.05, 3.63) is 0 Å². The van der Waals surface area contributed by atoms with E-state index in [-0.39, 0.29) is 5.91 Å². The van der Waals surface area contributed by atoms with Gasteiger partial charge in [-0.25, -0.2) is 0 Å². The molecule has 1 rings (SSSR count). The number of piperidine rings is 1. The predicted molar refractivity (Wildman–Crippen MR) is 60.3 cm³/mol. The van der Waals surface area contributed by atoms with Crippen LogP contribution in [-0.4, -0.2) is 37.0 Å². The predicted octanol–water partition coefficient (Wildman–Crippen LogP) is 1.63. The second kappa shape index (κ2) is 9.00. The van der Waals surface area contributed by atoms with Gasteiger partial charge in [-0.3, -0.25) is 4.79 Å². The van der Waals surface area contributed by atoms with Crippen LogP contribution in [0, 0.1) is 0 Å². The quantitative estimate of drug-likeness (QED) is 0.751. The Bertz CT molecular complexity index is 142. The molecule has 1 fully saturated rings.